The first-order chi connectivity index (χ1) is 9.60. The van der Waals surface area contributed by atoms with Gasteiger partial charge in [0, 0.05) is 6.54 Å². The van der Waals surface area contributed by atoms with Crippen LogP contribution in [0.4, 0.5) is 9.93 Å². The van der Waals surface area contributed by atoms with Crippen molar-refractivity contribution in [2.45, 2.75) is 38.5 Å². The Bertz CT molecular complexity index is 457. The smallest absolute Gasteiger partial charge is 0.321 e. The van der Waals surface area contributed by atoms with Gasteiger partial charge >= 0.3 is 12.0 Å². The van der Waals surface area contributed by atoms with Gasteiger partial charge in [0.2, 0.25) is 5.13 Å². The maximum atomic E-state index is 11.8. The third-order valence-corrected chi connectivity index (χ3v) is 4.25. The molecule has 0 atom stereocenters. The van der Waals surface area contributed by atoms with E-state index in [9.17, 15) is 9.59 Å². The van der Waals surface area contributed by atoms with Crippen LogP contribution in [0.1, 0.15) is 38.5 Å². The maximum Gasteiger partial charge on any atom is 0.321 e. The molecule has 0 spiro atoms. The number of carboxylic acids is 1. The quantitative estimate of drug-likeness (QED) is 0.772. The lowest BCUT2D eigenvalue weighted by molar-refractivity contribution is -0.140. The number of nitrogens with one attached hydrogen (secondary N) is 2. The topological polar surface area (TPSA) is 104 Å². The minimum atomic E-state index is -0.807. The first-order valence-corrected chi connectivity index (χ1v) is 7.50. The Kier molecular flexibility index (Phi) is 4.89. The molecule has 3 N–H and O–H groups in total. The van der Waals surface area contributed by atoms with Gasteiger partial charge in [0.1, 0.15) is 5.51 Å². The molecule has 20 heavy (non-hydrogen) atoms. The van der Waals surface area contributed by atoms with Crippen LogP contribution in [0.25, 0.3) is 0 Å². The van der Waals surface area contributed by atoms with Gasteiger partial charge in [-0.05, 0) is 18.3 Å². The van der Waals surface area contributed by atoms with Crippen molar-refractivity contribution in [3.05, 3.63) is 5.51 Å². The lowest BCUT2D eigenvalue weighted by atomic mass is 9.72. The third-order valence-electron chi connectivity index (χ3n) is 3.64. The second kappa shape index (κ2) is 6.65. The number of amides is 2. The molecule has 1 aliphatic carbocycles. The highest BCUT2D eigenvalue weighted by atomic mass is 32.1. The Morgan fingerprint density at radius 2 is 2.10 bits per heavy atom. The summed E-state index contributed by atoms with van der Waals surface area (Å²) in [6, 6.07) is -0.364. The Balaban J connectivity index is 1.87. The molecule has 1 aromatic heterocycles. The molecule has 0 aliphatic heterocycles. The second-order valence-corrected chi connectivity index (χ2v) is 6.02. The van der Waals surface area contributed by atoms with Crippen LogP contribution in [0.5, 0.6) is 0 Å². The number of aliphatic carboxylic acids is 1. The molecule has 0 bridgehead atoms. The number of hydrogen-bond donors (Lipinski definition) is 3. The summed E-state index contributed by atoms with van der Waals surface area (Å²) >= 11 is 1.23. The molecule has 1 heterocycles. The van der Waals surface area contributed by atoms with Crippen LogP contribution in [0, 0.1) is 5.41 Å². The Hall–Kier alpha value is -1.70. The molecule has 0 saturated heterocycles. The maximum absolute atomic E-state index is 11.8. The van der Waals surface area contributed by atoms with Crippen molar-refractivity contribution in [1.82, 2.24) is 15.5 Å². The molecule has 0 unspecified atom stereocenters. The minimum absolute atomic E-state index is 0.103. The fourth-order valence-corrected chi connectivity index (χ4v) is 3.12. The number of rotatable bonds is 5. The molecule has 1 saturated carbocycles. The van der Waals surface area contributed by atoms with E-state index in [-0.39, 0.29) is 17.9 Å². The van der Waals surface area contributed by atoms with Crippen molar-refractivity contribution in [3.63, 3.8) is 0 Å². The molecule has 0 aromatic carbocycles. The van der Waals surface area contributed by atoms with Gasteiger partial charge in [-0.25, -0.2) is 4.79 Å². The summed E-state index contributed by atoms with van der Waals surface area (Å²) in [6.07, 6.45) is 4.97. The van der Waals surface area contributed by atoms with Crippen molar-refractivity contribution in [1.29, 1.82) is 0 Å². The highest BCUT2D eigenvalue weighted by Crippen LogP contribution is 2.38. The van der Waals surface area contributed by atoms with Crippen LogP contribution in [-0.2, 0) is 4.79 Å². The van der Waals surface area contributed by atoms with E-state index in [0.29, 0.717) is 11.7 Å². The normalized spacial score (nSPS) is 17.4. The highest BCUT2D eigenvalue weighted by Gasteiger charge is 2.34. The number of carbonyl (C=O) groups excluding carboxylic acids is 1. The predicted molar refractivity (Wildman–Crippen MR) is 74.7 cm³/mol. The average Bonchev–Trinajstić information content (AvgIpc) is 2.90. The molecule has 110 valence electrons. The summed E-state index contributed by atoms with van der Waals surface area (Å²) in [5.74, 6) is -0.807. The monoisotopic (exact) mass is 298 g/mol. The molecule has 2 rings (SSSR count). The summed E-state index contributed by atoms with van der Waals surface area (Å²) in [6.45, 7) is 0.379. The second-order valence-electron chi connectivity index (χ2n) is 5.18. The van der Waals surface area contributed by atoms with Gasteiger partial charge < -0.3 is 10.4 Å². The summed E-state index contributed by atoms with van der Waals surface area (Å²) in [4.78, 5) is 22.8. The minimum Gasteiger partial charge on any atom is -0.481 e. The molecule has 8 heteroatoms. The van der Waals surface area contributed by atoms with E-state index in [1.807, 2.05) is 0 Å². The Morgan fingerprint density at radius 3 is 2.70 bits per heavy atom. The zero-order chi connectivity index (χ0) is 14.4. The lowest BCUT2D eigenvalue weighted by Crippen LogP contribution is -2.42. The van der Waals surface area contributed by atoms with Crippen LogP contribution in [0.3, 0.4) is 0 Å². The van der Waals surface area contributed by atoms with E-state index in [1.54, 1.807) is 0 Å². The predicted octanol–water partition coefficient (Wildman–Crippen LogP) is 2.08. The van der Waals surface area contributed by atoms with Gasteiger partial charge in [-0.2, -0.15) is 0 Å². The number of carbonyl (C=O) groups is 2. The van der Waals surface area contributed by atoms with Crippen molar-refractivity contribution < 1.29 is 14.7 Å². The van der Waals surface area contributed by atoms with E-state index in [4.69, 9.17) is 5.11 Å². The fourth-order valence-electron chi connectivity index (χ4n) is 2.68. The van der Waals surface area contributed by atoms with Crippen molar-refractivity contribution in [2.24, 2.45) is 5.41 Å². The van der Waals surface area contributed by atoms with Crippen LogP contribution in [0.2, 0.25) is 0 Å². The molecule has 0 radical (unpaired) electrons. The number of urea groups is 1. The first-order valence-electron chi connectivity index (χ1n) is 6.62. The molecule has 1 aliphatic rings. The van der Waals surface area contributed by atoms with Crippen LogP contribution < -0.4 is 10.6 Å². The largest absolute Gasteiger partial charge is 0.481 e. The van der Waals surface area contributed by atoms with Gasteiger partial charge in [0.05, 0.1) is 6.42 Å². The van der Waals surface area contributed by atoms with Crippen LogP contribution >= 0.6 is 11.3 Å². The molecule has 7 nitrogen and oxygen atoms in total. The number of nitrogens with zero attached hydrogens (tertiary/aromatic N) is 2. The Labute approximate surface area is 120 Å². The standard InChI is InChI=1S/C12H18N4O3S/c17-9(18)6-12(4-2-1-3-5-12)7-13-10(19)15-11-16-14-8-20-11/h8H,1-7H2,(H,17,18)(H2,13,15,16,19). The van der Waals surface area contributed by atoms with E-state index in [0.717, 1.165) is 32.1 Å². The first kappa shape index (κ1) is 14.7. The van der Waals surface area contributed by atoms with E-state index in [1.165, 1.54) is 16.8 Å². The summed E-state index contributed by atoms with van der Waals surface area (Å²) in [5, 5.41) is 22.2. The van der Waals surface area contributed by atoms with E-state index >= 15 is 0 Å². The number of aromatic nitrogens is 2. The molecule has 2 amide bonds. The van der Waals surface area contributed by atoms with Gasteiger partial charge in [-0.3, -0.25) is 10.1 Å². The molecular weight excluding hydrogens is 280 g/mol. The van der Waals surface area contributed by atoms with Crippen molar-refractivity contribution in [3.8, 4) is 0 Å². The number of anilines is 1. The number of carboxylic acid groups (broad SMARTS) is 1. The molecular formula is C12H18N4O3S. The van der Waals surface area contributed by atoms with Gasteiger partial charge in [-0.15, -0.1) is 10.2 Å². The SMILES string of the molecule is O=C(O)CC1(CNC(=O)Nc2nncs2)CCCCC1. The average molecular weight is 298 g/mol. The summed E-state index contributed by atoms with van der Waals surface area (Å²) < 4.78 is 0. The van der Waals surface area contributed by atoms with Gasteiger partial charge in [0.25, 0.3) is 0 Å². The van der Waals surface area contributed by atoms with Crippen molar-refractivity contribution in [2.75, 3.05) is 11.9 Å². The zero-order valence-corrected chi connectivity index (χ0v) is 11.9. The van der Waals surface area contributed by atoms with Gasteiger partial charge in [-0.1, -0.05) is 30.6 Å². The van der Waals surface area contributed by atoms with Crippen LogP contribution in [0.15, 0.2) is 5.51 Å². The Morgan fingerprint density at radius 1 is 1.35 bits per heavy atom. The molecule has 1 aromatic rings. The van der Waals surface area contributed by atoms with Crippen LogP contribution in [-0.4, -0.2) is 33.8 Å². The fraction of sp³-hybridized carbons (Fsp3) is 0.667. The van der Waals surface area contributed by atoms with E-state index < -0.39 is 5.97 Å². The van der Waals surface area contributed by atoms with Gasteiger partial charge in [0.15, 0.2) is 0 Å². The zero-order valence-electron chi connectivity index (χ0n) is 11.1. The summed E-state index contributed by atoms with van der Waals surface area (Å²) in [5.41, 5.74) is 1.21. The molecule has 1 fully saturated rings. The number of hydrogen-bond acceptors (Lipinski definition) is 5. The van der Waals surface area contributed by atoms with E-state index in [2.05, 4.69) is 20.8 Å². The van der Waals surface area contributed by atoms with Crippen molar-refractivity contribution >= 4 is 28.5 Å². The summed E-state index contributed by atoms with van der Waals surface area (Å²) in [7, 11) is 0. The third kappa shape index (κ3) is 4.16. The highest BCUT2D eigenvalue weighted by molar-refractivity contribution is 7.13. The lowest BCUT2D eigenvalue weighted by Gasteiger charge is -2.36.